The van der Waals surface area contributed by atoms with Gasteiger partial charge in [0.2, 0.25) is 10.0 Å². The van der Waals surface area contributed by atoms with E-state index in [0.29, 0.717) is 5.75 Å². The SMILES string of the molecule is Cc1cccc(OCCNS(=O)(=O)c2cc(C(=O)O)ccc2F)c1C. The van der Waals surface area contributed by atoms with Crippen LogP contribution in [0, 0.1) is 19.7 Å². The van der Waals surface area contributed by atoms with Crippen molar-refractivity contribution in [3.63, 3.8) is 0 Å². The summed E-state index contributed by atoms with van der Waals surface area (Å²) in [5, 5.41) is 8.90. The van der Waals surface area contributed by atoms with E-state index in [-0.39, 0.29) is 18.7 Å². The monoisotopic (exact) mass is 367 g/mol. The van der Waals surface area contributed by atoms with Crippen molar-refractivity contribution in [3.05, 3.63) is 58.9 Å². The zero-order valence-corrected chi connectivity index (χ0v) is 14.6. The fourth-order valence-corrected chi connectivity index (χ4v) is 3.25. The minimum absolute atomic E-state index is 0.0454. The van der Waals surface area contributed by atoms with Gasteiger partial charge in [0.15, 0.2) is 0 Å². The summed E-state index contributed by atoms with van der Waals surface area (Å²) in [5.74, 6) is -1.72. The number of benzene rings is 2. The van der Waals surface area contributed by atoms with E-state index in [0.717, 1.165) is 29.3 Å². The highest BCUT2D eigenvalue weighted by molar-refractivity contribution is 7.89. The lowest BCUT2D eigenvalue weighted by atomic mass is 10.1. The van der Waals surface area contributed by atoms with Crippen molar-refractivity contribution in [2.75, 3.05) is 13.2 Å². The summed E-state index contributed by atoms with van der Waals surface area (Å²) in [5.41, 5.74) is 1.68. The first-order chi connectivity index (χ1) is 11.7. The molecule has 0 atom stereocenters. The van der Waals surface area contributed by atoms with Gasteiger partial charge in [0, 0.05) is 6.54 Å². The third-order valence-electron chi connectivity index (χ3n) is 3.67. The zero-order chi connectivity index (χ0) is 18.6. The average Bonchev–Trinajstić information content (AvgIpc) is 2.55. The number of hydrogen-bond acceptors (Lipinski definition) is 4. The van der Waals surface area contributed by atoms with Crippen molar-refractivity contribution in [2.45, 2.75) is 18.7 Å². The Morgan fingerprint density at radius 1 is 1.24 bits per heavy atom. The Kier molecular flexibility index (Phi) is 5.76. The van der Waals surface area contributed by atoms with E-state index in [1.165, 1.54) is 0 Å². The second-order valence-corrected chi connectivity index (χ2v) is 7.13. The summed E-state index contributed by atoms with van der Waals surface area (Å²) in [4.78, 5) is 10.2. The summed E-state index contributed by atoms with van der Waals surface area (Å²) in [6, 6.07) is 8.13. The van der Waals surface area contributed by atoms with Gasteiger partial charge in [-0.3, -0.25) is 0 Å². The van der Waals surface area contributed by atoms with Crippen LogP contribution in [-0.4, -0.2) is 32.6 Å². The van der Waals surface area contributed by atoms with Gasteiger partial charge in [-0.05, 0) is 49.2 Å². The molecule has 8 heteroatoms. The highest BCUT2D eigenvalue weighted by atomic mass is 32.2. The quantitative estimate of drug-likeness (QED) is 0.734. The van der Waals surface area contributed by atoms with Gasteiger partial charge in [0.25, 0.3) is 0 Å². The lowest BCUT2D eigenvalue weighted by molar-refractivity contribution is 0.0696. The van der Waals surface area contributed by atoms with Crippen LogP contribution < -0.4 is 9.46 Å². The molecule has 2 aromatic carbocycles. The minimum atomic E-state index is -4.19. The molecule has 0 spiro atoms. The highest BCUT2D eigenvalue weighted by Crippen LogP contribution is 2.20. The molecule has 0 bridgehead atoms. The maximum absolute atomic E-state index is 13.8. The fourth-order valence-electron chi connectivity index (χ4n) is 2.14. The largest absolute Gasteiger partial charge is 0.492 e. The Labute approximate surface area is 145 Å². The first-order valence-electron chi connectivity index (χ1n) is 7.44. The summed E-state index contributed by atoms with van der Waals surface area (Å²) < 4.78 is 45.8. The van der Waals surface area contributed by atoms with Crippen LogP contribution in [0.5, 0.6) is 5.75 Å². The number of aromatic carboxylic acids is 1. The molecule has 25 heavy (non-hydrogen) atoms. The number of carboxylic acid groups (broad SMARTS) is 1. The van der Waals surface area contributed by atoms with E-state index in [1.54, 1.807) is 6.07 Å². The molecular formula is C17H18FNO5S. The third kappa shape index (κ3) is 4.55. The zero-order valence-electron chi connectivity index (χ0n) is 13.7. The summed E-state index contributed by atoms with van der Waals surface area (Å²) >= 11 is 0. The molecule has 0 aliphatic carbocycles. The molecule has 0 unspecified atom stereocenters. The topological polar surface area (TPSA) is 92.7 Å². The van der Waals surface area contributed by atoms with Gasteiger partial charge in [-0.25, -0.2) is 22.3 Å². The summed E-state index contributed by atoms with van der Waals surface area (Å²) in [7, 11) is -4.19. The van der Waals surface area contributed by atoms with Gasteiger partial charge in [-0.2, -0.15) is 0 Å². The standard InChI is InChI=1S/C17H18FNO5S/c1-11-4-3-5-15(12(11)2)24-9-8-19-25(22,23)16-10-13(17(20)21)6-7-14(16)18/h3-7,10,19H,8-9H2,1-2H3,(H,20,21). The normalized spacial score (nSPS) is 11.3. The molecule has 2 aromatic rings. The third-order valence-corrected chi connectivity index (χ3v) is 5.15. The van der Waals surface area contributed by atoms with Crippen molar-refractivity contribution in [1.29, 1.82) is 0 Å². The van der Waals surface area contributed by atoms with Crippen LogP contribution in [0.1, 0.15) is 21.5 Å². The second-order valence-electron chi connectivity index (χ2n) is 5.39. The summed E-state index contributed by atoms with van der Waals surface area (Å²) in [6.45, 7) is 3.78. The Morgan fingerprint density at radius 2 is 1.96 bits per heavy atom. The van der Waals surface area contributed by atoms with Gasteiger partial charge in [-0.1, -0.05) is 12.1 Å². The molecule has 0 fully saturated rings. The Hall–Kier alpha value is -2.45. The average molecular weight is 367 g/mol. The maximum Gasteiger partial charge on any atom is 0.335 e. The molecular weight excluding hydrogens is 349 g/mol. The highest BCUT2D eigenvalue weighted by Gasteiger charge is 2.20. The predicted molar refractivity (Wildman–Crippen MR) is 90.0 cm³/mol. The van der Waals surface area contributed by atoms with E-state index in [1.807, 2.05) is 26.0 Å². The predicted octanol–water partition coefficient (Wildman–Crippen LogP) is 2.50. The Balaban J connectivity index is 2.04. The maximum atomic E-state index is 13.8. The van der Waals surface area contributed by atoms with Crippen LogP contribution in [0.2, 0.25) is 0 Å². The van der Waals surface area contributed by atoms with E-state index in [2.05, 4.69) is 4.72 Å². The lowest BCUT2D eigenvalue weighted by Gasteiger charge is -2.12. The molecule has 0 heterocycles. The van der Waals surface area contributed by atoms with E-state index < -0.39 is 26.7 Å². The molecule has 0 aromatic heterocycles. The number of ether oxygens (including phenoxy) is 1. The first-order valence-corrected chi connectivity index (χ1v) is 8.92. The van der Waals surface area contributed by atoms with Gasteiger partial charge in [0.1, 0.15) is 23.1 Å². The molecule has 0 aliphatic heterocycles. The van der Waals surface area contributed by atoms with Crippen molar-refractivity contribution >= 4 is 16.0 Å². The fraction of sp³-hybridized carbons (Fsp3) is 0.235. The van der Waals surface area contributed by atoms with E-state index in [4.69, 9.17) is 9.84 Å². The van der Waals surface area contributed by atoms with Gasteiger partial charge in [0.05, 0.1) is 5.56 Å². The number of carbonyl (C=O) groups is 1. The molecule has 2 N–H and O–H groups in total. The van der Waals surface area contributed by atoms with Crippen molar-refractivity contribution in [1.82, 2.24) is 4.72 Å². The van der Waals surface area contributed by atoms with Crippen LogP contribution in [0.4, 0.5) is 4.39 Å². The molecule has 0 saturated carbocycles. The van der Waals surface area contributed by atoms with Crippen LogP contribution in [0.3, 0.4) is 0 Å². The molecule has 0 amide bonds. The molecule has 0 saturated heterocycles. The van der Waals surface area contributed by atoms with Gasteiger partial charge < -0.3 is 9.84 Å². The van der Waals surface area contributed by atoms with E-state index in [9.17, 15) is 17.6 Å². The molecule has 6 nitrogen and oxygen atoms in total. The number of halogens is 1. The number of aryl methyl sites for hydroxylation is 1. The van der Waals surface area contributed by atoms with Crippen LogP contribution in [-0.2, 0) is 10.0 Å². The number of rotatable bonds is 7. The molecule has 0 radical (unpaired) electrons. The van der Waals surface area contributed by atoms with E-state index >= 15 is 0 Å². The second kappa shape index (κ2) is 7.62. The molecule has 134 valence electrons. The van der Waals surface area contributed by atoms with Gasteiger partial charge in [-0.15, -0.1) is 0 Å². The summed E-state index contributed by atoms with van der Waals surface area (Å²) in [6.07, 6.45) is 0. The Morgan fingerprint density at radius 3 is 2.64 bits per heavy atom. The number of sulfonamides is 1. The van der Waals surface area contributed by atoms with Gasteiger partial charge >= 0.3 is 5.97 Å². The minimum Gasteiger partial charge on any atom is -0.492 e. The number of hydrogen-bond donors (Lipinski definition) is 2. The van der Waals surface area contributed by atoms with Crippen LogP contribution in [0.15, 0.2) is 41.3 Å². The molecule has 2 rings (SSSR count). The molecule has 0 aliphatic rings. The number of nitrogens with one attached hydrogen (secondary N) is 1. The first kappa shape index (κ1) is 18.9. The van der Waals surface area contributed by atoms with Crippen molar-refractivity contribution in [2.24, 2.45) is 0 Å². The van der Waals surface area contributed by atoms with Crippen LogP contribution >= 0.6 is 0 Å². The lowest BCUT2D eigenvalue weighted by Crippen LogP contribution is -2.29. The van der Waals surface area contributed by atoms with Crippen molar-refractivity contribution in [3.8, 4) is 5.75 Å². The Bertz CT molecular complexity index is 896. The van der Waals surface area contributed by atoms with Crippen molar-refractivity contribution < 1.29 is 27.4 Å². The van der Waals surface area contributed by atoms with Crippen LogP contribution in [0.25, 0.3) is 0 Å². The number of carboxylic acids is 1. The smallest absolute Gasteiger partial charge is 0.335 e.